The Morgan fingerprint density at radius 3 is 2.55 bits per heavy atom. The Kier molecular flexibility index (Phi) is 5.96. The van der Waals surface area contributed by atoms with Crippen molar-refractivity contribution >= 4 is 23.2 Å². The molecule has 4 heteroatoms. The van der Waals surface area contributed by atoms with Crippen LogP contribution in [0.15, 0.2) is 42.5 Å². The third kappa shape index (κ3) is 4.57. The summed E-state index contributed by atoms with van der Waals surface area (Å²) in [5.41, 5.74) is 2.18. The van der Waals surface area contributed by atoms with Crippen LogP contribution >= 0.6 is 11.6 Å². The number of carbonyl (C=O) groups excluding carboxylic acids is 1. The quantitative estimate of drug-likeness (QED) is 0.797. The first-order valence-corrected chi connectivity index (χ1v) is 7.79. The molecule has 0 aromatic heterocycles. The molecule has 0 unspecified atom stereocenters. The fourth-order valence-electron chi connectivity index (χ4n) is 2.20. The molecular formula is C18H19ClFNO. The number of hydrogen-bond acceptors (Lipinski definition) is 1. The van der Waals surface area contributed by atoms with Crippen LogP contribution in [0.25, 0.3) is 0 Å². The molecule has 2 nitrogen and oxygen atoms in total. The van der Waals surface area contributed by atoms with Gasteiger partial charge < -0.3 is 5.32 Å². The zero-order chi connectivity index (χ0) is 15.9. The van der Waals surface area contributed by atoms with Crippen LogP contribution in [0, 0.1) is 5.82 Å². The minimum Gasteiger partial charge on any atom is -0.326 e. The average molecular weight is 320 g/mol. The van der Waals surface area contributed by atoms with Crippen molar-refractivity contribution in [2.75, 3.05) is 5.32 Å². The normalized spacial score (nSPS) is 10.5. The van der Waals surface area contributed by atoms with Crippen LogP contribution < -0.4 is 5.32 Å². The van der Waals surface area contributed by atoms with Gasteiger partial charge in [0.25, 0.3) is 0 Å². The summed E-state index contributed by atoms with van der Waals surface area (Å²) in [6, 6.07) is 12.1. The largest absolute Gasteiger partial charge is 0.326 e. The molecule has 0 spiro atoms. The van der Waals surface area contributed by atoms with E-state index in [1.165, 1.54) is 17.7 Å². The highest BCUT2D eigenvalue weighted by Gasteiger charge is 2.12. The Bertz CT molecular complexity index is 620. The van der Waals surface area contributed by atoms with Crippen LogP contribution in [-0.2, 0) is 17.6 Å². The number of hydrogen-bond donors (Lipinski definition) is 1. The summed E-state index contributed by atoms with van der Waals surface area (Å²) < 4.78 is 13.7. The van der Waals surface area contributed by atoms with Crippen molar-refractivity contribution in [2.24, 2.45) is 0 Å². The lowest BCUT2D eigenvalue weighted by Crippen LogP contribution is -2.15. The van der Waals surface area contributed by atoms with Crippen molar-refractivity contribution < 1.29 is 9.18 Å². The molecule has 0 saturated carbocycles. The van der Waals surface area contributed by atoms with Gasteiger partial charge >= 0.3 is 0 Å². The molecule has 0 aliphatic rings. The molecule has 0 heterocycles. The van der Waals surface area contributed by atoms with Gasteiger partial charge in [-0.1, -0.05) is 43.1 Å². The summed E-state index contributed by atoms with van der Waals surface area (Å²) in [5.74, 6) is -0.745. The number of benzene rings is 2. The van der Waals surface area contributed by atoms with E-state index in [1.54, 1.807) is 6.07 Å². The fourth-order valence-corrected chi connectivity index (χ4v) is 2.43. The number of halogens is 2. The van der Waals surface area contributed by atoms with Gasteiger partial charge in [-0.15, -0.1) is 0 Å². The third-order valence-electron chi connectivity index (χ3n) is 3.46. The number of nitrogens with one attached hydrogen (secondary N) is 1. The Morgan fingerprint density at radius 1 is 1.18 bits per heavy atom. The van der Waals surface area contributed by atoms with E-state index in [1.807, 2.05) is 24.3 Å². The molecule has 116 valence electrons. The van der Waals surface area contributed by atoms with Crippen LogP contribution in [-0.4, -0.2) is 5.91 Å². The summed E-state index contributed by atoms with van der Waals surface area (Å²) >= 11 is 5.93. The van der Waals surface area contributed by atoms with E-state index >= 15 is 0 Å². The maximum atomic E-state index is 13.7. The second kappa shape index (κ2) is 7.95. The van der Waals surface area contributed by atoms with Crippen LogP contribution in [0.2, 0.25) is 5.02 Å². The fraction of sp³-hybridized carbons (Fsp3) is 0.278. The Balaban J connectivity index is 1.97. The summed E-state index contributed by atoms with van der Waals surface area (Å²) in [5, 5.41) is 3.03. The minimum absolute atomic E-state index is 0.0803. The second-order valence-corrected chi connectivity index (χ2v) is 5.63. The van der Waals surface area contributed by atoms with E-state index in [2.05, 4.69) is 12.2 Å². The minimum atomic E-state index is -0.461. The molecule has 2 aromatic rings. The van der Waals surface area contributed by atoms with Crippen LogP contribution in [0.5, 0.6) is 0 Å². The van der Waals surface area contributed by atoms with Crippen molar-refractivity contribution in [1.29, 1.82) is 0 Å². The zero-order valence-electron chi connectivity index (χ0n) is 12.5. The van der Waals surface area contributed by atoms with Gasteiger partial charge in [0.1, 0.15) is 5.82 Å². The Morgan fingerprint density at radius 2 is 1.91 bits per heavy atom. The van der Waals surface area contributed by atoms with E-state index in [-0.39, 0.29) is 22.9 Å². The number of unbranched alkanes of at least 4 members (excludes halogenated alkanes) is 1. The number of carbonyl (C=O) groups is 1. The predicted molar refractivity (Wildman–Crippen MR) is 88.8 cm³/mol. The van der Waals surface area contributed by atoms with Gasteiger partial charge in [0, 0.05) is 16.3 Å². The SMILES string of the molecule is CCCCc1ccc(NC(=O)Cc2c(F)cccc2Cl)cc1. The lowest BCUT2D eigenvalue weighted by Gasteiger charge is -2.08. The molecule has 1 N–H and O–H groups in total. The molecule has 1 amide bonds. The van der Waals surface area contributed by atoms with Gasteiger partial charge in [0.05, 0.1) is 6.42 Å². The second-order valence-electron chi connectivity index (χ2n) is 5.23. The number of anilines is 1. The van der Waals surface area contributed by atoms with Crippen molar-refractivity contribution in [3.8, 4) is 0 Å². The van der Waals surface area contributed by atoms with Gasteiger partial charge in [-0.3, -0.25) is 4.79 Å². The first-order valence-electron chi connectivity index (χ1n) is 7.42. The molecule has 2 rings (SSSR count). The molecule has 0 bridgehead atoms. The van der Waals surface area contributed by atoms with E-state index in [4.69, 9.17) is 11.6 Å². The maximum absolute atomic E-state index is 13.7. The summed E-state index contributed by atoms with van der Waals surface area (Å²) in [6.07, 6.45) is 3.26. The summed E-state index contributed by atoms with van der Waals surface area (Å²) in [6.45, 7) is 2.16. The van der Waals surface area contributed by atoms with Gasteiger partial charge in [0.15, 0.2) is 0 Å². The summed E-state index contributed by atoms with van der Waals surface area (Å²) in [4.78, 5) is 12.0. The standard InChI is InChI=1S/C18H19ClFNO/c1-2-3-5-13-8-10-14(11-9-13)21-18(22)12-15-16(19)6-4-7-17(15)20/h4,6-11H,2-3,5,12H2,1H3,(H,21,22). The molecular weight excluding hydrogens is 301 g/mol. The third-order valence-corrected chi connectivity index (χ3v) is 3.81. The number of rotatable bonds is 6. The average Bonchev–Trinajstić information content (AvgIpc) is 2.50. The molecule has 0 saturated heterocycles. The van der Waals surface area contributed by atoms with Crippen molar-refractivity contribution in [1.82, 2.24) is 0 Å². The molecule has 0 aliphatic heterocycles. The monoisotopic (exact) mass is 319 g/mol. The summed E-state index contributed by atoms with van der Waals surface area (Å²) in [7, 11) is 0. The van der Waals surface area contributed by atoms with Gasteiger partial charge in [-0.05, 0) is 42.7 Å². The van der Waals surface area contributed by atoms with E-state index in [0.29, 0.717) is 5.69 Å². The van der Waals surface area contributed by atoms with Gasteiger partial charge in [-0.25, -0.2) is 4.39 Å². The Labute approximate surface area is 135 Å². The highest BCUT2D eigenvalue weighted by atomic mass is 35.5. The highest BCUT2D eigenvalue weighted by Crippen LogP contribution is 2.20. The highest BCUT2D eigenvalue weighted by molar-refractivity contribution is 6.31. The molecule has 0 fully saturated rings. The maximum Gasteiger partial charge on any atom is 0.228 e. The first kappa shape index (κ1) is 16.5. The van der Waals surface area contributed by atoms with Gasteiger partial charge in [0.2, 0.25) is 5.91 Å². The van der Waals surface area contributed by atoms with Gasteiger partial charge in [-0.2, -0.15) is 0 Å². The van der Waals surface area contributed by atoms with Crippen molar-refractivity contribution in [2.45, 2.75) is 32.6 Å². The molecule has 0 atom stereocenters. The van der Waals surface area contributed by atoms with Crippen LogP contribution in [0.4, 0.5) is 10.1 Å². The molecule has 22 heavy (non-hydrogen) atoms. The van der Waals surface area contributed by atoms with E-state index in [9.17, 15) is 9.18 Å². The topological polar surface area (TPSA) is 29.1 Å². The molecule has 0 aliphatic carbocycles. The zero-order valence-corrected chi connectivity index (χ0v) is 13.3. The lowest BCUT2D eigenvalue weighted by atomic mass is 10.1. The number of aryl methyl sites for hydroxylation is 1. The molecule has 2 aromatic carbocycles. The predicted octanol–water partition coefficient (Wildman–Crippen LogP) is 5.00. The smallest absolute Gasteiger partial charge is 0.228 e. The van der Waals surface area contributed by atoms with Crippen LogP contribution in [0.1, 0.15) is 30.9 Å². The van der Waals surface area contributed by atoms with Crippen LogP contribution in [0.3, 0.4) is 0 Å². The van der Waals surface area contributed by atoms with E-state index in [0.717, 1.165) is 19.3 Å². The first-order chi connectivity index (χ1) is 10.6. The van der Waals surface area contributed by atoms with Crippen molar-refractivity contribution in [3.05, 3.63) is 64.4 Å². The van der Waals surface area contributed by atoms with E-state index < -0.39 is 5.82 Å². The lowest BCUT2D eigenvalue weighted by molar-refractivity contribution is -0.115. The molecule has 0 radical (unpaired) electrons. The van der Waals surface area contributed by atoms with Crippen molar-refractivity contribution in [3.63, 3.8) is 0 Å². The Hall–Kier alpha value is -1.87. The number of amides is 1.